The minimum Gasteiger partial charge on any atom is -0.300 e. The van der Waals surface area contributed by atoms with E-state index >= 15 is 0 Å². The quantitative estimate of drug-likeness (QED) is 0.532. The summed E-state index contributed by atoms with van der Waals surface area (Å²) in [7, 11) is 0. The summed E-state index contributed by atoms with van der Waals surface area (Å²) in [5.74, 6) is 1.91. The Balaban J connectivity index is 1.53. The summed E-state index contributed by atoms with van der Waals surface area (Å²) < 4.78 is 2.27. The molecule has 1 aromatic heterocycles. The molecule has 1 saturated heterocycles. The van der Waals surface area contributed by atoms with Gasteiger partial charge in [0.2, 0.25) is 0 Å². The highest BCUT2D eigenvalue weighted by molar-refractivity contribution is 7.98. The highest BCUT2D eigenvalue weighted by atomic mass is 35.5. The van der Waals surface area contributed by atoms with Gasteiger partial charge in [0.25, 0.3) is 0 Å². The molecule has 4 rings (SSSR count). The number of halogens is 1. The number of benzene rings is 2. The van der Waals surface area contributed by atoms with E-state index in [9.17, 15) is 0 Å². The van der Waals surface area contributed by atoms with Crippen LogP contribution in [0.2, 0.25) is 5.02 Å². The fourth-order valence-corrected chi connectivity index (χ4v) is 4.38. The predicted molar refractivity (Wildman–Crippen MR) is 111 cm³/mol. The van der Waals surface area contributed by atoms with Crippen molar-refractivity contribution in [1.82, 2.24) is 19.7 Å². The largest absolute Gasteiger partial charge is 0.300 e. The molecule has 0 radical (unpaired) electrons. The molecule has 0 amide bonds. The van der Waals surface area contributed by atoms with Crippen LogP contribution in [0.25, 0.3) is 0 Å². The van der Waals surface area contributed by atoms with Crippen LogP contribution in [0.3, 0.4) is 0 Å². The fourth-order valence-electron chi connectivity index (χ4n) is 3.34. The molecule has 0 unspecified atom stereocenters. The second kappa shape index (κ2) is 8.91. The molecule has 6 heteroatoms. The second-order valence-corrected chi connectivity index (χ2v) is 8.25. The van der Waals surface area contributed by atoms with Crippen molar-refractivity contribution >= 4 is 23.4 Å². The average molecular weight is 399 g/mol. The number of hydrogen-bond acceptors (Lipinski definition) is 4. The molecule has 2 aromatic carbocycles. The van der Waals surface area contributed by atoms with E-state index in [-0.39, 0.29) is 0 Å². The summed E-state index contributed by atoms with van der Waals surface area (Å²) in [6, 6.07) is 18.5. The van der Waals surface area contributed by atoms with Gasteiger partial charge >= 0.3 is 0 Å². The summed E-state index contributed by atoms with van der Waals surface area (Å²) >= 11 is 7.72. The zero-order valence-electron chi connectivity index (χ0n) is 15.2. The number of aromatic nitrogens is 3. The Kier molecular flexibility index (Phi) is 6.12. The number of hydrogen-bond donors (Lipinski definition) is 0. The molecule has 1 fully saturated rings. The van der Waals surface area contributed by atoms with Crippen molar-refractivity contribution < 1.29 is 0 Å². The van der Waals surface area contributed by atoms with Gasteiger partial charge in [-0.3, -0.25) is 4.90 Å². The topological polar surface area (TPSA) is 34.0 Å². The van der Waals surface area contributed by atoms with Gasteiger partial charge in [0.05, 0.1) is 13.1 Å². The summed E-state index contributed by atoms with van der Waals surface area (Å²) in [6.07, 6.45) is 2.57. The zero-order valence-corrected chi connectivity index (χ0v) is 16.8. The predicted octanol–water partition coefficient (Wildman–Crippen LogP) is 4.87. The van der Waals surface area contributed by atoms with Gasteiger partial charge in [-0.2, -0.15) is 0 Å². The lowest BCUT2D eigenvalue weighted by Gasteiger charge is -2.16. The van der Waals surface area contributed by atoms with E-state index in [0.717, 1.165) is 47.9 Å². The van der Waals surface area contributed by atoms with E-state index < -0.39 is 0 Å². The van der Waals surface area contributed by atoms with E-state index in [0.29, 0.717) is 0 Å². The van der Waals surface area contributed by atoms with Crippen molar-refractivity contribution in [3.63, 3.8) is 0 Å². The van der Waals surface area contributed by atoms with Crippen LogP contribution >= 0.6 is 23.4 Å². The lowest BCUT2D eigenvalue weighted by Crippen LogP contribution is -2.21. The zero-order chi connectivity index (χ0) is 18.5. The van der Waals surface area contributed by atoms with Crippen LogP contribution in [0.4, 0.5) is 0 Å². The van der Waals surface area contributed by atoms with Gasteiger partial charge in [0.1, 0.15) is 5.82 Å². The first kappa shape index (κ1) is 18.5. The third-order valence-corrected chi connectivity index (χ3v) is 6.11. The smallest absolute Gasteiger partial charge is 0.191 e. The Labute approximate surface area is 169 Å². The molecule has 3 aromatic rings. The van der Waals surface area contributed by atoms with E-state index in [1.54, 1.807) is 11.8 Å². The molecule has 2 heterocycles. The number of likely N-dealkylation sites (tertiary alicyclic amines) is 1. The molecule has 4 nitrogen and oxygen atoms in total. The SMILES string of the molecule is Clc1ccc(CSc2nnc(CN3CCCC3)n2Cc2ccccc2)cc1. The van der Waals surface area contributed by atoms with Crippen LogP contribution in [-0.2, 0) is 18.8 Å². The van der Waals surface area contributed by atoms with Crippen molar-refractivity contribution in [2.75, 3.05) is 13.1 Å². The van der Waals surface area contributed by atoms with Crippen LogP contribution in [-0.4, -0.2) is 32.8 Å². The van der Waals surface area contributed by atoms with Crippen LogP contribution in [0.1, 0.15) is 29.8 Å². The van der Waals surface area contributed by atoms with Crippen molar-refractivity contribution in [1.29, 1.82) is 0 Å². The third-order valence-electron chi connectivity index (χ3n) is 4.82. The van der Waals surface area contributed by atoms with Crippen LogP contribution in [0.15, 0.2) is 59.8 Å². The molecule has 1 aliphatic heterocycles. The lowest BCUT2D eigenvalue weighted by atomic mass is 10.2. The summed E-state index contributed by atoms with van der Waals surface area (Å²) in [5.41, 5.74) is 2.51. The second-order valence-electron chi connectivity index (χ2n) is 6.87. The van der Waals surface area contributed by atoms with Crippen LogP contribution < -0.4 is 0 Å². The van der Waals surface area contributed by atoms with E-state index in [1.165, 1.54) is 24.0 Å². The normalized spacial score (nSPS) is 14.7. The Hall–Kier alpha value is -1.82. The molecule has 1 aliphatic rings. The Morgan fingerprint density at radius 2 is 1.59 bits per heavy atom. The highest BCUT2D eigenvalue weighted by Crippen LogP contribution is 2.25. The number of thioether (sulfide) groups is 1. The lowest BCUT2D eigenvalue weighted by molar-refractivity contribution is 0.316. The first-order chi connectivity index (χ1) is 13.3. The van der Waals surface area contributed by atoms with Crippen molar-refractivity contribution in [3.8, 4) is 0 Å². The maximum atomic E-state index is 5.99. The fraction of sp³-hybridized carbons (Fsp3) is 0.333. The first-order valence-corrected chi connectivity index (χ1v) is 10.7. The van der Waals surface area contributed by atoms with Crippen molar-refractivity contribution in [2.45, 2.75) is 36.8 Å². The van der Waals surface area contributed by atoms with Gasteiger partial charge < -0.3 is 4.57 Å². The first-order valence-electron chi connectivity index (χ1n) is 9.33. The maximum Gasteiger partial charge on any atom is 0.191 e. The Bertz CT molecular complexity index is 858. The average Bonchev–Trinajstić information content (AvgIpc) is 3.34. The Morgan fingerprint density at radius 3 is 2.33 bits per heavy atom. The molecule has 0 spiro atoms. The molecule has 0 atom stereocenters. The van der Waals surface area contributed by atoms with Gasteiger partial charge in [-0.1, -0.05) is 65.8 Å². The third kappa shape index (κ3) is 4.92. The van der Waals surface area contributed by atoms with E-state index in [1.807, 2.05) is 12.1 Å². The molecule has 0 aliphatic carbocycles. The highest BCUT2D eigenvalue weighted by Gasteiger charge is 2.18. The van der Waals surface area contributed by atoms with Crippen molar-refractivity contribution in [2.24, 2.45) is 0 Å². The molecule has 0 N–H and O–H groups in total. The summed E-state index contributed by atoms with van der Waals surface area (Å²) in [6.45, 7) is 4.00. The molecular formula is C21H23ClN4S. The molecule has 0 saturated carbocycles. The Morgan fingerprint density at radius 1 is 0.852 bits per heavy atom. The maximum absolute atomic E-state index is 5.99. The van der Waals surface area contributed by atoms with Gasteiger partial charge in [-0.25, -0.2) is 0 Å². The number of nitrogens with zero attached hydrogens (tertiary/aromatic N) is 4. The molecule has 27 heavy (non-hydrogen) atoms. The summed E-state index contributed by atoms with van der Waals surface area (Å²) in [4.78, 5) is 2.47. The monoisotopic (exact) mass is 398 g/mol. The van der Waals surface area contributed by atoms with Gasteiger partial charge in [0, 0.05) is 10.8 Å². The molecular weight excluding hydrogens is 376 g/mol. The summed E-state index contributed by atoms with van der Waals surface area (Å²) in [5, 5.41) is 10.8. The molecule has 0 bridgehead atoms. The van der Waals surface area contributed by atoms with Crippen molar-refractivity contribution in [3.05, 3.63) is 76.6 Å². The van der Waals surface area contributed by atoms with Gasteiger partial charge in [-0.05, 0) is 49.2 Å². The standard InChI is InChI=1S/C21H23ClN4S/c22-19-10-8-18(9-11-19)16-27-21-24-23-20(15-25-12-4-5-13-25)26(21)14-17-6-2-1-3-7-17/h1-3,6-11H,4-5,12-16H2. The van der Waals surface area contributed by atoms with Crippen LogP contribution in [0.5, 0.6) is 0 Å². The number of rotatable bonds is 7. The van der Waals surface area contributed by atoms with Crippen LogP contribution in [0, 0.1) is 0 Å². The van der Waals surface area contributed by atoms with Gasteiger partial charge in [0.15, 0.2) is 5.16 Å². The molecule has 140 valence electrons. The van der Waals surface area contributed by atoms with E-state index in [2.05, 4.69) is 62.1 Å². The van der Waals surface area contributed by atoms with E-state index in [4.69, 9.17) is 11.6 Å². The minimum absolute atomic E-state index is 0.767. The van der Waals surface area contributed by atoms with Gasteiger partial charge in [-0.15, -0.1) is 10.2 Å². The minimum atomic E-state index is 0.767.